The normalized spacial score (nSPS) is 14.7. The number of halogens is 1. The fourth-order valence-corrected chi connectivity index (χ4v) is 5.35. The highest BCUT2D eigenvalue weighted by Crippen LogP contribution is 2.34. The zero-order valence-corrected chi connectivity index (χ0v) is 21.8. The van der Waals surface area contributed by atoms with Crippen molar-refractivity contribution in [2.45, 2.75) is 18.9 Å². The van der Waals surface area contributed by atoms with E-state index in [1.54, 1.807) is 71.8 Å². The molecule has 0 fully saturated rings. The van der Waals surface area contributed by atoms with Gasteiger partial charge in [-0.3, -0.25) is 9.59 Å². The first-order chi connectivity index (χ1) is 18.0. The largest absolute Gasteiger partial charge is 0.497 e. The van der Waals surface area contributed by atoms with E-state index >= 15 is 0 Å². The van der Waals surface area contributed by atoms with E-state index in [4.69, 9.17) is 14.2 Å². The molecule has 1 atom stereocenters. The van der Waals surface area contributed by atoms with Gasteiger partial charge in [0, 0.05) is 37.2 Å². The number of hydrogen-bond donors (Lipinski definition) is 0. The van der Waals surface area contributed by atoms with E-state index in [2.05, 4.69) is 0 Å². The lowest BCUT2D eigenvalue weighted by molar-refractivity contribution is -0.135. The van der Waals surface area contributed by atoms with Gasteiger partial charge in [0.1, 0.15) is 30.5 Å². The van der Waals surface area contributed by atoms with Crippen molar-refractivity contribution in [1.29, 1.82) is 0 Å². The molecule has 1 aromatic heterocycles. The standard InChI is InChI=1S/C28H31FN2O5S/c1-34-15-4-13-30(28(33)20-5-3-6-23(17-20)35-2)18-27(32)31-14-11-26-24(12-16-37-26)25(31)19-36-22-9-7-21(29)8-10-22/h3,5-10,12,16-17,25H,4,11,13-15,18-19H2,1-2H3/t25-/m1/s1. The highest BCUT2D eigenvalue weighted by Gasteiger charge is 2.33. The molecule has 3 aromatic rings. The molecule has 0 bridgehead atoms. The second-order valence-corrected chi connectivity index (χ2v) is 9.72. The minimum Gasteiger partial charge on any atom is -0.497 e. The third-order valence-corrected chi connectivity index (χ3v) is 7.34. The maximum atomic E-state index is 13.7. The van der Waals surface area contributed by atoms with Crippen LogP contribution in [0.15, 0.2) is 60.0 Å². The monoisotopic (exact) mass is 526 g/mol. The maximum Gasteiger partial charge on any atom is 0.254 e. The van der Waals surface area contributed by atoms with Crippen molar-refractivity contribution in [2.75, 3.05) is 47.1 Å². The average Bonchev–Trinajstić information content (AvgIpc) is 3.41. The summed E-state index contributed by atoms with van der Waals surface area (Å²) < 4.78 is 29.7. The smallest absolute Gasteiger partial charge is 0.254 e. The van der Waals surface area contributed by atoms with Crippen molar-refractivity contribution in [3.8, 4) is 11.5 Å². The summed E-state index contributed by atoms with van der Waals surface area (Å²) in [7, 11) is 3.16. The van der Waals surface area contributed by atoms with Gasteiger partial charge < -0.3 is 24.0 Å². The van der Waals surface area contributed by atoms with Crippen molar-refractivity contribution < 1.29 is 28.2 Å². The van der Waals surface area contributed by atoms with E-state index in [0.29, 0.717) is 43.2 Å². The van der Waals surface area contributed by atoms with Crippen molar-refractivity contribution in [3.63, 3.8) is 0 Å². The fraction of sp³-hybridized carbons (Fsp3) is 0.357. The number of benzene rings is 2. The number of fused-ring (bicyclic) bond motifs is 1. The first kappa shape index (κ1) is 26.6. The molecule has 2 heterocycles. The molecule has 2 amide bonds. The number of amides is 2. The lowest BCUT2D eigenvalue weighted by Gasteiger charge is -2.37. The van der Waals surface area contributed by atoms with Crippen LogP contribution >= 0.6 is 11.3 Å². The molecule has 0 unspecified atom stereocenters. The summed E-state index contributed by atoms with van der Waals surface area (Å²) in [5.74, 6) is 0.378. The molecule has 4 rings (SSSR count). The minimum atomic E-state index is -0.337. The van der Waals surface area contributed by atoms with Gasteiger partial charge in [0.2, 0.25) is 5.91 Å². The van der Waals surface area contributed by atoms with Crippen LogP contribution in [0.2, 0.25) is 0 Å². The van der Waals surface area contributed by atoms with Crippen molar-refractivity contribution >= 4 is 23.2 Å². The van der Waals surface area contributed by atoms with Crippen LogP contribution in [0, 0.1) is 5.82 Å². The first-order valence-corrected chi connectivity index (χ1v) is 13.0. The molecule has 0 saturated carbocycles. The summed E-state index contributed by atoms with van der Waals surface area (Å²) in [5, 5.41) is 2.02. The lowest BCUT2D eigenvalue weighted by Crippen LogP contribution is -2.48. The van der Waals surface area contributed by atoms with E-state index in [9.17, 15) is 14.0 Å². The van der Waals surface area contributed by atoms with Crippen LogP contribution in [0.25, 0.3) is 0 Å². The fourth-order valence-electron chi connectivity index (χ4n) is 4.43. The van der Waals surface area contributed by atoms with Crippen molar-refractivity contribution in [1.82, 2.24) is 9.80 Å². The van der Waals surface area contributed by atoms with E-state index < -0.39 is 0 Å². The second-order valence-electron chi connectivity index (χ2n) is 8.72. The van der Waals surface area contributed by atoms with Crippen LogP contribution in [0.1, 0.15) is 33.3 Å². The van der Waals surface area contributed by atoms with E-state index in [1.165, 1.54) is 17.0 Å². The maximum absolute atomic E-state index is 13.7. The summed E-state index contributed by atoms with van der Waals surface area (Å²) >= 11 is 1.67. The molecule has 0 aliphatic carbocycles. The van der Waals surface area contributed by atoms with Crippen LogP contribution in [0.4, 0.5) is 4.39 Å². The van der Waals surface area contributed by atoms with Gasteiger partial charge in [0.25, 0.3) is 5.91 Å². The Labute approximate surface area is 220 Å². The van der Waals surface area contributed by atoms with Gasteiger partial charge in [0.05, 0.1) is 13.2 Å². The minimum absolute atomic E-state index is 0.0632. The zero-order valence-electron chi connectivity index (χ0n) is 21.0. The molecular weight excluding hydrogens is 495 g/mol. The second kappa shape index (κ2) is 12.7. The topological polar surface area (TPSA) is 68.3 Å². The highest BCUT2D eigenvalue weighted by molar-refractivity contribution is 7.10. The predicted molar refractivity (Wildman–Crippen MR) is 140 cm³/mol. The quantitative estimate of drug-likeness (QED) is 0.342. The van der Waals surface area contributed by atoms with E-state index in [-0.39, 0.29) is 36.8 Å². The summed E-state index contributed by atoms with van der Waals surface area (Å²) in [5.41, 5.74) is 1.51. The molecule has 9 heteroatoms. The third kappa shape index (κ3) is 6.67. The number of rotatable bonds is 11. The molecule has 0 radical (unpaired) electrons. The van der Waals surface area contributed by atoms with Gasteiger partial charge in [-0.2, -0.15) is 0 Å². The Bertz CT molecular complexity index is 1200. The van der Waals surface area contributed by atoms with Gasteiger partial charge >= 0.3 is 0 Å². The van der Waals surface area contributed by atoms with Gasteiger partial charge in [-0.15, -0.1) is 11.3 Å². The molecule has 0 saturated heterocycles. The van der Waals surface area contributed by atoms with Crippen molar-refractivity contribution in [2.24, 2.45) is 0 Å². The van der Waals surface area contributed by atoms with Crippen LogP contribution in [-0.2, 0) is 16.0 Å². The molecule has 0 spiro atoms. The molecule has 0 N–H and O–H groups in total. The van der Waals surface area contributed by atoms with E-state index in [1.807, 2.05) is 11.4 Å². The third-order valence-electron chi connectivity index (χ3n) is 6.34. The summed E-state index contributed by atoms with van der Waals surface area (Å²) in [4.78, 5) is 31.7. The van der Waals surface area contributed by atoms with Gasteiger partial charge in [0.15, 0.2) is 0 Å². The molecule has 1 aliphatic heterocycles. The molecule has 7 nitrogen and oxygen atoms in total. The SMILES string of the molecule is COCCCN(CC(=O)N1CCc2sccc2[C@H]1COc1ccc(F)cc1)C(=O)c1cccc(OC)c1. The van der Waals surface area contributed by atoms with Crippen LogP contribution in [0.5, 0.6) is 11.5 Å². The van der Waals surface area contributed by atoms with Gasteiger partial charge in [-0.05, 0) is 72.3 Å². The summed E-state index contributed by atoms with van der Waals surface area (Å²) in [6.45, 7) is 1.56. The number of nitrogens with zero attached hydrogens (tertiary/aromatic N) is 2. The number of carbonyl (C=O) groups is 2. The Hall–Kier alpha value is -3.43. The molecule has 37 heavy (non-hydrogen) atoms. The summed E-state index contributed by atoms with van der Waals surface area (Å²) in [6, 6.07) is 14.5. The average molecular weight is 527 g/mol. The molecular formula is C28H31FN2O5S. The van der Waals surface area contributed by atoms with Crippen LogP contribution in [0.3, 0.4) is 0 Å². The Morgan fingerprint density at radius 1 is 1.11 bits per heavy atom. The number of carbonyl (C=O) groups excluding carboxylic acids is 2. The van der Waals surface area contributed by atoms with Gasteiger partial charge in [-0.1, -0.05) is 6.07 Å². The Morgan fingerprint density at radius 3 is 2.68 bits per heavy atom. The number of thiophene rings is 1. The number of methoxy groups -OCH3 is 2. The van der Waals surface area contributed by atoms with Crippen LogP contribution < -0.4 is 9.47 Å². The van der Waals surface area contributed by atoms with E-state index in [0.717, 1.165) is 12.0 Å². The molecule has 196 valence electrons. The zero-order chi connectivity index (χ0) is 26.2. The van der Waals surface area contributed by atoms with Crippen molar-refractivity contribution in [3.05, 3.63) is 81.8 Å². The Morgan fingerprint density at radius 2 is 1.92 bits per heavy atom. The summed E-state index contributed by atoms with van der Waals surface area (Å²) in [6.07, 6.45) is 1.35. The highest BCUT2D eigenvalue weighted by atomic mass is 32.1. The number of hydrogen-bond acceptors (Lipinski definition) is 6. The van der Waals surface area contributed by atoms with Gasteiger partial charge in [-0.25, -0.2) is 4.39 Å². The Balaban J connectivity index is 1.52. The lowest BCUT2D eigenvalue weighted by atomic mass is 10.0. The first-order valence-electron chi connectivity index (χ1n) is 12.2. The Kier molecular flexibility index (Phi) is 9.14. The number of ether oxygens (including phenoxy) is 3. The molecule has 2 aromatic carbocycles. The molecule has 1 aliphatic rings. The van der Waals surface area contributed by atoms with Crippen LogP contribution in [-0.4, -0.2) is 68.7 Å². The predicted octanol–water partition coefficient (Wildman–Crippen LogP) is 4.58.